The van der Waals surface area contributed by atoms with E-state index in [0.29, 0.717) is 17.2 Å². The summed E-state index contributed by atoms with van der Waals surface area (Å²) < 4.78 is 39.4. The highest BCUT2D eigenvalue weighted by molar-refractivity contribution is 5.96. The van der Waals surface area contributed by atoms with Crippen LogP contribution in [0, 0.1) is 0 Å². The number of carbonyl (C=O) groups excluding carboxylic acids is 1. The topological polar surface area (TPSA) is 32.3 Å². The van der Waals surface area contributed by atoms with Gasteiger partial charge >= 0.3 is 6.18 Å². The summed E-state index contributed by atoms with van der Waals surface area (Å²) in [6, 6.07) is 4.10. The molecule has 1 N–H and O–H groups in total. The first-order chi connectivity index (χ1) is 12.9. The summed E-state index contributed by atoms with van der Waals surface area (Å²) in [7, 11) is 0. The molecule has 0 aromatic heterocycles. The molecule has 2 atom stereocenters. The highest BCUT2D eigenvalue weighted by Crippen LogP contribution is 2.41. The molecule has 3 fully saturated rings. The largest absolute Gasteiger partial charge is 0.416 e. The molecule has 4 rings (SSSR count). The lowest BCUT2D eigenvalue weighted by atomic mass is 9.77. The van der Waals surface area contributed by atoms with Gasteiger partial charge in [0.25, 0.3) is 5.91 Å². The molecule has 2 unspecified atom stereocenters. The van der Waals surface area contributed by atoms with Crippen LogP contribution < -0.4 is 5.32 Å². The third kappa shape index (κ3) is 3.86. The molecule has 1 aromatic carbocycles. The SMILES string of the molecule is O=C(NC1CCCC1N1CCCC1)c1ccc(C(F)(F)F)cc1C1CCC1. The van der Waals surface area contributed by atoms with Crippen molar-refractivity contribution in [2.45, 2.75) is 75.5 Å². The molecule has 6 heteroatoms. The first kappa shape index (κ1) is 18.8. The van der Waals surface area contributed by atoms with Gasteiger partial charge in [-0.1, -0.05) is 6.42 Å². The van der Waals surface area contributed by atoms with Gasteiger partial charge in [0.1, 0.15) is 0 Å². The zero-order valence-corrected chi connectivity index (χ0v) is 15.5. The molecule has 2 saturated carbocycles. The second-order valence-electron chi connectivity index (χ2n) is 8.25. The van der Waals surface area contributed by atoms with Crippen LogP contribution in [0.1, 0.15) is 78.8 Å². The van der Waals surface area contributed by atoms with Gasteiger partial charge in [0.2, 0.25) is 0 Å². The Morgan fingerprint density at radius 1 is 1.00 bits per heavy atom. The number of likely N-dealkylation sites (tertiary alicyclic amines) is 1. The van der Waals surface area contributed by atoms with Gasteiger partial charge in [0.15, 0.2) is 0 Å². The highest BCUT2D eigenvalue weighted by atomic mass is 19.4. The van der Waals surface area contributed by atoms with Crippen molar-refractivity contribution in [3.05, 3.63) is 34.9 Å². The van der Waals surface area contributed by atoms with Gasteiger partial charge in [0.05, 0.1) is 5.56 Å². The Balaban J connectivity index is 1.54. The van der Waals surface area contributed by atoms with Crippen molar-refractivity contribution < 1.29 is 18.0 Å². The molecule has 1 aromatic rings. The predicted octanol–water partition coefficient (Wildman–Crippen LogP) is 4.72. The molecule has 148 valence electrons. The Morgan fingerprint density at radius 2 is 1.70 bits per heavy atom. The van der Waals surface area contributed by atoms with Crippen LogP contribution in [0.5, 0.6) is 0 Å². The molecular formula is C21H27F3N2O. The van der Waals surface area contributed by atoms with Crippen LogP contribution in [-0.4, -0.2) is 36.0 Å². The van der Waals surface area contributed by atoms with Crippen molar-refractivity contribution in [1.82, 2.24) is 10.2 Å². The maximum Gasteiger partial charge on any atom is 0.416 e. The van der Waals surface area contributed by atoms with E-state index in [0.717, 1.165) is 57.7 Å². The van der Waals surface area contributed by atoms with Crippen LogP contribution in [-0.2, 0) is 6.18 Å². The fourth-order valence-electron chi connectivity index (χ4n) is 4.87. The monoisotopic (exact) mass is 380 g/mol. The van der Waals surface area contributed by atoms with Crippen molar-refractivity contribution in [3.63, 3.8) is 0 Å². The van der Waals surface area contributed by atoms with Gasteiger partial charge in [-0.05, 0) is 87.7 Å². The van der Waals surface area contributed by atoms with E-state index in [1.165, 1.54) is 25.0 Å². The zero-order chi connectivity index (χ0) is 19.0. The molecule has 1 aliphatic heterocycles. The molecule has 2 aliphatic carbocycles. The van der Waals surface area contributed by atoms with Crippen molar-refractivity contribution in [1.29, 1.82) is 0 Å². The number of hydrogen-bond donors (Lipinski definition) is 1. The van der Waals surface area contributed by atoms with E-state index in [2.05, 4.69) is 10.2 Å². The lowest BCUT2D eigenvalue weighted by Gasteiger charge is -2.31. The molecule has 3 nitrogen and oxygen atoms in total. The molecular weight excluding hydrogens is 353 g/mol. The quantitative estimate of drug-likeness (QED) is 0.820. The van der Waals surface area contributed by atoms with Crippen LogP contribution in [0.3, 0.4) is 0 Å². The Kier molecular flexibility index (Phi) is 5.19. The van der Waals surface area contributed by atoms with Gasteiger partial charge in [0, 0.05) is 17.6 Å². The minimum Gasteiger partial charge on any atom is -0.348 e. The van der Waals surface area contributed by atoms with Gasteiger partial charge in [-0.3, -0.25) is 9.69 Å². The summed E-state index contributed by atoms with van der Waals surface area (Å²) >= 11 is 0. The second-order valence-corrected chi connectivity index (χ2v) is 8.25. The number of nitrogens with zero attached hydrogens (tertiary/aromatic N) is 1. The third-order valence-corrected chi connectivity index (χ3v) is 6.57. The molecule has 1 saturated heterocycles. The smallest absolute Gasteiger partial charge is 0.348 e. The number of rotatable bonds is 4. The van der Waals surface area contributed by atoms with E-state index in [1.807, 2.05) is 0 Å². The number of nitrogens with one attached hydrogen (secondary N) is 1. The molecule has 3 aliphatic rings. The first-order valence-corrected chi connectivity index (χ1v) is 10.2. The normalized spacial score (nSPS) is 26.9. The summed E-state index contributed by atoms with van der Waals surface area (Å²) in [6.45, 7) is 2.18. The molecule has 0 radical (unpaired) electrons. The molecule has 1 amide bonds. The highest BCUT2D eigenvalue weighted by Gasteiger charge is 2.36. The summed E-state index contributed by atoms with van der Waals surface area (Å²) in [5.74, 6) is -0.132. The number of alkyl halides is 3. The zero-order valence-electron chi connectivity index (χ0n) is 15.5. The third-order valence-electron chi connectivity index (χ3n) is 6.57. The molecule has 0 spiro atoms. The maximum atomic E-state index is 13.1. The van der Waals surface area contributed by atoms with Gasteiger partial charge in [-0.2, -0.15) is 13.2 Å². The predicted molar refractivity (Wildman–Crippen MR) is 97.7 cm³/mol. The van der Waals surface area contributed by atoms with Crippen LogP contribution in [0.15, 0.2) is 18.2 Å². The summed E-state index contributed by atoms with van der Waals surface area (Å²) in [5, 5.41) is 3.16. The number of hydrogen-bond acceptors (Lipinski definition) is 2. The Hall–Kier alpha value is -1.56. The lowest BCUT2D eigenvalue weighted by Crippen LogP contribution is -2.48. The van der Waals surface area contributed by atoms with Crippen molar-refractivity contribution >= 4 is 5.91 Å². The van der Waals surface area contributed by atoms with E-state index in [9.17, 15) is 18.0 Å². The van der Waals surface area contributed by atoms with Gasteiger partial charge < -0.3 is 5.32 Å². The number of benzene rings is 1. The number of amides is 1. The average molecular weight is 380 g/mol. The minimum atomic E-state index is -4.38. The lowest BCUT2D eigenvalue weighted by molar-refractivity contribution is -0.137. The van der Waals surface area contributed by atoms with Gasteiger partial charge in [-0.15, -0.1) is 0 Å². The number of carbonyl (C=O) groups is 1. The maximum absolute atomic E-state index is 13.1. The average Bonchev–Trinajstić information content (AvgIpc) is 3.23. The van der Waals surface area contributed by atoms with Crippen LogP contribution >= 0.6 is 0 Å². The Labute approximate surface area is 158 Å². The first-order valence-electron chi connectivity index (χ1n) is 10.2. The standard InChI is InChI=1S/C21H27F3N2O/c22-21(23,24)15-9-10-16(17(13-15)14-5-3-6-14)20(27)25-18-7-4-8-19(18)26-11-1-2-12-26/h9-10,13-14,18-19H,1-8,11-12H2,(H,25,27). The Bertz CT molecular complexity index is 693. The summed E-state index contributed by atoms with van der Waals surface area (Å²) in [6.07, 6.45) is 3.92. The van der Waals surface area contributed by atoms with E-state index < -0.39 is 11.7 Å². The van der Waals surface area contributed by atoms with Gasteiger partial charge in [-0.25, -0.2) is 0 Å². The van der Waals surface area contributed by atoms with Crippen LogP contribution in [0.2, 0.25) is 0 Å². The van der Waals surface area contributed by atoms with E-state index in [-0.39, 0.29) is 17.9 Å². The fourth-order valence-corrected chi connectivity index (χ4v) is 4.87. The molecule has 27 heavy (non-hydrogen) atoms. The van der Waals surface area contributed by atoms with Crippen molar-refractivity contribution in [3.8, 4) is 0 Å². The van der Waals surface area contributed by atoms with Crippen LogP contribution in [0.25, 0.3) is 0 Å². The van der Waals surface area contributed by atoms with Crippen molar-refractivity contribution in [2.24, 2.45) is 0 Å². The van der Waals surface area contributed by atoms with Crippen molar-refractivity contribution in [2.75, 3.05) is 13.1 Å². The molecule has 0 bridgehead atoms. The summed E-state index contributed by atoms with van der Waals surface area (Å²) in [5.41, 5.74) is 0.348. The minimum absolute atomic E-state index is 0.0750. The number of halogens is 3. The fraction of sp³-hybridized carbons (Fsp3) is 0.667. The van der Waals surface area contributed by atoms with E-state index in [1.54, 1.807) is 0 Å². The van der Waals surface area contributed by atoms with E-state index >= 15 is 0 Å². The second kappa shape index (κ2) is 7.46. The van der Waals surface area contributed by atoms with Crippen LogP contribution in [0.4, 0.5) is 13.2 Å². The molecule has 1 heterocycles. The Morgan fingerprint density at radius 3 is 2.33 bits per heavy atom. The van der Waals surface area contributed by atoms with E-state index in [4.69, 9.17) is 0 Å². The summed E-state index contributed by atoms with van der Waals surface area (Å²) in [4.78, 5) is 15.4.